The summed E-state index contributed by atoms with van der Waals surface area (Å²) >= 11 is 0. The minimum absolute atomic E-state index is 0.100. The number of amides is 1. The van der Waals surface area contributed by atoms with Crippen LogP contribution in [0.15, 0.2) is 83.9 Å². The van der Waals surface area contributed by atoms with Gasteiger partial charge < -0.3 is 11.1 Å². The molecule has 1 amide bonds. The van der Waals surface area contributed by atoms with Gasteiger partial charge in [-0.15, -0.1) is 5.10 Å². The number of carbonyl (C=O) groups excluding carboxylic acids is 1. The van der Waals surface area contributed by atoms with Gasteiger partial charge in [0.15, 0.2) is 11.5 Å². The van der Waals surface area contributed by atoms with E-state index in [9.17, 15) is 9.59 Å². The van der Waals surface area contributed by atoms with Gasteiger partial charge in [-0.2, -0.15) is 0 Å². The Morgan fingerprint density at radius 2 is 1.94 bits per heavy atom. The molecular weight excluding hydrogens is 452 g/mol. The molecule has 0 saturated carbocycles. The molecule has 8 heteroatoms. The van der Waals surface area contributed by atoms with Crippen LogP contribution >= 0.6 is 0 Å². The van der Waals surface area contributed by atoms with Gasteiger partial charge in [-0.3, -0.25) is 14.2 Å². The van der Waals surface area contributed by atoms with Crippen molar-refractivity contribution in [1.29, 1.82) is 0 Å². The van der Waals surface area contributed by atoms with Gasteiger partial charge in [0.05, 0.1) is 5.39 Å². The van der Waals surface area contributed by atoms with E-state index in [4.69, 9.17) is 5.73 Å². The number of para-hydroxylation sites is 1. The van der Waals surface area contributed by atoms with Crippen molar-refractivity contribution in [3.05, 3.63) is 106 Å². The third kappa shape index (κ3) is 4.02. The van der Waals surface area contributed by atoms with Crippen molar-refractivity contribution in [3.8, 4) is 5.69 Å². The largest absolute Gasteiger partial charge is 0.381 e. The number of hydrogen-bond donors (Lipinski definition) is 2. The molecule has 3 N–H and O–H groups in total. The van der Waals surface area contributed by atoms with Crippen molar-refractivity contribution in [2.45, 2.75) is 19.8 Å². The molecule has 5 aromatic rings. The molecule has 0 aliphatic rings. The van der Waals surface area contributed by atoms with Crippen molar-refractivity contribution < 1.29 is 4.79 Å². The summed E-state index contributed by atoms with van der Waals surface area (Å²) in [7, 11) is 0. The molecule has 0 bridgehead atoms. The van der Waals surface area contributed by atoms with Gasteiger partial charge in [0.1, 0.15) is 5.56 Å². The van der Waals surface area contributed by atoms with Crippen LogP contribution in [-0.2, 0) is 0 Å². The lowest BCUT2D eigenvalue weighted by Crippen LogP contribution is -2.31. The smallest absolute Gasteiger partial charge is 0.263 e. The number of aromatic nitrogens is 4. The zero-order valence-corrected chi connectivity index (χ0v) is 20.1. The molecule has 0 fully saturated rings. The summed E-state index contributed by atoms with van der Waals surface area (Å²) in [5, 5.41) is 8.63. The number of carbonyl (C=O) groups is 1. The van der Waals surface area contributed by atoms with Crippen LogP contribution in [0.2, 0.25) is 0 Å². The van der Waals surface area contributed by atoms with Gasteiger partial charge in [0.25, 0.3) is 11.5 Å². The maximum Gasteiger partial charge on any atom is 0.263 e. The van der Waals surface area contributed by atoms with Gasteiger partial charge in [0, 0.05) is 36.2 Å². The Labute approximate surface area is 207 Å². The second kappa shape index (κ2) is 9.50. The predicted molar refractivity (Wildman–Crippen MR) is 142 cm³/mol. The number of allylic oxidation sites excluding steroid dienone is 1. The Hall–Kier alpha value is -4.72. The van der Waals surface area contributed by atoms with Gasteiger partial charge in [-0.05, 0) is 42.1 Å². The summed E-state index contributed by atoms with van der Waals surface area (Å²) in [4.78, 5) is 31.2. The number of nitrogens with two attached hydrogens (primary N) is 1. The van der Waals surface area contributed by atoms with Crippen molar-refractivity contribution in [3.63, 3.8) is 0 Å². The van der Waals surface area contributed by atoms with Crippen molar-refractivity contribution >= 4 is 34.2 Å². The van der Waals surface area contributed by atoms with E-state index in [1.165, 1.54) is 4.52 Å². The number of fused-ring (bicyclic) bond motifs is 2. The van der Waals surface area contributed by atoms with Gasteiger partial charge >= 0.3 is 0 Å². The molecule has 1 atom stereocenters. The Balaban J connectivity index is 1.55. The van der Waals surface area contributed by atoms with E-state index in [0.717, 1.165) is 22.3 Å². The third-order valence-corrected chi connectivity index (χ3v) is 6.19. The zero-order valence-electron chi connectivity index (χ0n) is 20.1. The Morgan fingerprint density at radius 1 is 1.14 bits per heavy atom. The Bertz CT molecular complexity index is 1670. The highest BCUT2D eigenvalue weighted by atomic mass is 16.1. The molecule has 2 aromatic carbocycles. The van der Waals surface area contributed by atoms with E-state index in [2.05, 4.69) is 15.4 Å². The monoisotopic (exact) mass is 478 g/mol. The number of benzene rings is 2. The lowest BCUT2D eigenvalue weighted by molar-refractivity contribution is 0.0953. The van der Waals surface area contributed by atoms with Crippen LogP contribution in [0.5, 0.6) is 0 Å². The van der Waals surface area contributed by atoms with Gasteiger partial charge in [0.2, 0.25) is 0 Å². The summed E-state index contributed by atoms with van der Waals surface area (Å²) in [6, 6.07) is 19.1. The van der Waals surface area contributed by atoms with Crippen LogP contribution in [0.25, 0.3) is 28.2 Å². The van der Waals surface area contributed by atoms with Crippen LogP contribution in [0.4, 0.5) is 5.82 Å². The molecular formula is C28H26N6O2. The summed E-state index contributed by atoms with van der Waals surface area (Å²) in [5.41, 5.74) is 8.97. The van der Waals surface area contributed by atoms with Gasteiger partial charge in [-0.1, -0.05) is 55.5 Å². The maximum absolute atomic E-state index is 13.9. The number of rotatable bonds is 6. The molecule has 0 aliphatic carbocycles. The summed E-state index contributed by atoms with van der Waals surface area (Å²) < 4.78 is 3.21. The molecule has 36 heavy (non-hydrogen) atoms. The maximum atomic E-state index is 13.9. The Kier molecular flexibility index (Phi) is 6.08. The fraction of sp³-hybridized carbons (Fsp3) is 0.143. The standard InChI is InChI=1S/C28H26N6O2/c1-3-9-19-10-7-11-20-16-22(34(28(36)23(19)20)21-12-5-4-6-13-21)18(2)17-31-27(35)24-25(29)32-33-15-8-14-30-26(24)33/h3-16,18H,17H2,1-2H3,(H2,29,32)(H,31,35)/b9-3+/t18-/m1/s1. The number of anilines is 1. The number of pyridine rings is 1. The average Bonchev–Trinajstić information content (AvgIpc) is 3.23. The number of nitrogen functional groups attached to an aromatic ring is 1. The summed E-state index contributed by atoms with van der Waals surface area (Å²) in [6.07, 6.45) is 7.14. The molecule has 180 valence electrons. The van der Waals surface area contributed by atoms with Crippen LogP contribution < -0.4 is 16.6 Å². The first-order valence-electron chi connectivity index (χ1n) is 11.7. The quantitative estimate of drug-likeness (QED) is 0.381. The lowest BCUT2D eigenvalue weighted by atomic mass is 9.99. The first kappa shape index (κ1) is 23.0. The first-order chi connectivity index (χ1) is 17.5. The minimum Gasteiger partial charge on any atom is -0.381 e. The molecule has 0 aliphatic heterocycles. The molecule has 0 saturated heterocycles. The van der Waals surface area contributed by atoms with E-state index < -0.39 is 0 Å². The van der Waals surface area contributed by atoms with E-state index in [0.29, 0.717) is 11.0 Å². The van der Waals surface area contributed by atoms with Crippen LogP contribution in [0.3, 0.4) is 0 Å². The predicted octanol–water partition coefficient (Wildman–Crippen LogP) is 4.18. The lowest BCUT2D eigenvalue weighted by Gasteiger charge is -2.21. The van der Waals surface area contributed by atoms with Gasteiger partial charge in [-0.25, -0.2) is 9.50 Å². The average molecular weight is 479 g/mol. The summed E-state index contributed by atoms with van der Waals surface area (Å²) in [5.74, 6) is -0.437. The first-order valence-corrected chi connectivity index (χ1v) is 11.7. The Morgan fingerprint density at radius 3 is 2.72 bits per heavy atom. The second-order valence-electron chi connectivity index (χ2n) is 8.62. The fourth-order valence-electron chi connectivity index (χ4n) is 4.49. The molecule has 0 unspecified atom stereocenters. The molecule has 3 heterocycles. The SMILES string of the molecule is C/C=C/c1cccc2cc([C@H](C)CNC(=O)c3c(N)nn4cccnc34)n(-c3ccccc3)c(=O)c12. The normalized spacial score (nSPS) is 12.4. The summed E-state index contributed by atoms with van der Waals surface area (Å²) in [6.45, 7) is 4.20. The van der Waals surface area contributed by atoms with Crippen molar-refractivity contribution in [2.75, 3.05) is 12.3 Å². The highest BCUT2D eigenvalue weighted by Gasteiger charge is 2.22. The van der Waals surface area contributed by atoms with E-state index in [1.807, 2.05) is 80.6 Å². The van der Waals surface area contributed by atoms with Crippen LogP contribution in [0, 0.1) is 0 Å². The molecule has 5 rings (SSSR count). The van der Waals surface area contributed by atoms with Crippen molar-refractivity contribution in [1.82, 2.24) is 24.5 Å². The number of nitrogens with one attached hydrogen (secondary N) is 1. The molecule has 3 aromatic heterocycles. The minimum atomic E-state index is -0.363. The van der Waals surface area contributed by atoms with E-state index >= 15 is 0 Å². The molecule has 0 spiro atoms. The highest BCUT2D eigenvalue weighted by Crippen LogP contribution is 2.25. The van der Waals surface area contributed by atoms with Crippen LogP contribution in [-0.4, -0.2) is 31.6 Å². The highest BCUT2D eigenvalue weighted by molar-refractivity contribution is 6.04. The topological polar surface area (TPSA) is 107 Å². The zero-order chi connectivity index (χ0) is 25.2. The number of nitrogens with zero attached hydrogens (tertiary/aromatic N) is 4. The third-order valence-electron chi connectivity index (χ3n) is 6.19. The number of hydrogen-bond acceptors (Lipinski definition) is 5. The fourth-order valence-corrected chi connectivity index (χ4v) is 4.49. The van der Waals surface area contributed by atoms with E-state index in [1.54, 1.807) is 23.0 Å². The molecule has 8 nitrogen and oxygen atoms in total. The van der Waals surface area contributed by atoms with Crippen LogP contribution in [0.1, 0.15) is 41.4 Å². The van der Waals surface area contributed by atoms with E-state index in [-0.39, 0.29) is 35.3 Å². The second-order valence-corrected chi connectivity index (χ2v) is 8.62. The van der Waals surface area contributed by atoms with Crippen molar-refractivity contribution in [2.24, 2.45) is 0 Å². The molecule has 0 radical (unpaired) electrons.